The summed E-state index contributed by atoms with van der Waals surface area (Å²) in [7, 11) is 0. The summed E-state index contributed by atoms with van der Waals surface area (Å²) in [5.41, 5.74) is 0. The van der Waals surface area contributed by atoms with Crippen LogP contribution in [0.25, 0.3) is 0 Å². The Kier molecular flexibility index (Phi) is 9.82. The molecule has 20 heavy (non-hydrogen) atoms. The van der Waals surface area contributed by atoms with Crippen molar-refractivity contribution < 1.29 is 14.3 Å². The van der Waals surface area contributed by atoms with Crippen LogP contribution in [-0.2, 0) is 14.3 Å². The Balaban J connectivity index is 2.02. The van der Waals surface area contributed by atoms with Crippen LogP contribution in [0.15, 0.2) is 0 Å². The SMILES string of the molecule is CCSC(=O)C[C@H](C)CCC#CCOC1CCCCO1. The van der Waals surface area contributed by atoms with Crippen molar-refractivity contribution in [2.75, 3.05) is 19.0 Å². The van der Waals surface area contributed by atoms with Gasteiger partial charge in [-0.05, 0) is 37.4 Å². The predicted molar refractivity (Wildman–Crippen MR) is 83.5 cm³/mol. The molecule has 1 aliphatic heterocycles. The van der Waals surface area contributed by atoms with Gasteiger partial charge in [0, 0.05) is 19.4 Å². The molecule has 4 heteroatoms. The van der Waals surface area contributed by atoms with E-state index in [-0.39, 0.29) is 6.29 Å². The van der Waals surface area contributed by atoms with Gasteiger partial charge in [-0.25, -0.2) is 0 Å². The Bertz CT molecular complexity index is 326. The third kappa shape index (κ3) is 8.63. The van der Waals surface area contributed by atoms with Crippen LogP contribution in [0.1, 0.15) is 52.4 Å². The molecule has 0 aromatic carbocycles. The molecule has 0 aliphatic carbocycles. The third-order valence-electron chi connectivity index (χ3n) is 3.19. The van der Waals surface area contributed by atoms with Crippen molar-refractivity contribution in [1.82, 2.24) is 0 Å². The molecule has 0 spiro atoms. The number of hydrogen-bond donors (Lipinski definition) is 0. The fraction of sp³-hybridized carbons (Fsp3) is 0.812. The highest BCUT2D eigenvalue weighted by atomic mass is 32.2. The Morgan fingerprint density at radius 1 is 1.45 bits per heavy atom. The molecule has 0 aromatic rings. The van der Waals surface area contributed by atoms with Gasteiger partial charge in [-0.2, -0.15) is 0 Å². The van der Waals surface area contributed by atoms with Crippen LogP contribution in [0.4, 0.5) is 0 Å². The van der Waals surface area contributed by atoms with E-state index in [1.54, 1.807) is 0 Å². The first kappa shape index (κ1) is 17.6. The Hall–Kier alpha value is -0.500. The van der Waals surface area contributed by atoms with E-state index in [1.165, 1.54) is 18.2 Å². The molecule has 114 valence electrons. The van der Waals surface area contributed by atoms with E-state index in [1.807, 2.05) is 6.92 Å². The average molecular weight is 298 g/mol. The number of carbonyl (C=O) groups excluding carboxylic acids is 1. The normalized spacial score (nSPS) is 20.0. The Labute approximate surface area is 127 Å². The minimum Gasteiger partial charge on any atom is -0.353 e. The van der Waals surface area contributed by atoms with Crippen LogP contribution in [0, 0.1) is 17.8 Å². The molecular weight excluding hydrogens is 272 g/mol. The van der Waals surface area contributed by atoms with Gasteiger partial charge in [0.05, 0.1) is 0 Å². The minimum absolute atomic E-state index is 0.0549. The van der Waals surface area contributed by atoms with Gasteiger partial charge in [0.25, 0.3) is 0 Å². The lowest BCUT2D eigenvalue weighted by molar-refractivity contribution is -0.154. The highest BCUT2D eigenvalue weighted by molar-refractivity contribution is 8.13. The Morgan fingerprint density at radius 2 is 2.30 bits per heavy atom. The van der Waals surface area contributed by atoms with Gasteiger partial charge in [0.15, 0.2) is 11.4 Å². The lowest BCUT2D eigenvalue weighted by Gasteiger charge is -2.21. The minimum atomic E-state index is -0.0549. The van der Waals surface area contributed by atoms with Crippen molar-refractivity contribution >= 4 is 16.9 Å². The predicted octanol–water partition coefficient (Wildman–Crippen LogP) is 3.62. The maximum atomic E-state index is 11.5. The summed E-state index contributed by atoms with van der Waals surface area (Å²) in [6, 6.07) is 0. The molecular formula is C16H26O3S. The number of carbonyl (C=O) groups is 1. The smallest absolute Gasteiger partial charge is 0.189 e. The standard InChI is InChI=1S/C16H26O3S/c1-3-20-15(17)13-14(2)9-5-4-7-11-18-16-10-6-8-12-19-16/h14,16H,3,5-6,8-13H2,1-2H3/t14-,16?/m1/s1. The maximum Gasteiger partial charge on any atom is 0.189 e. The van der Waals surface area contributed by atoms with Crippen LogP contribution in [-0.4, -0.2) is 30.4 Å². The number of ether oxygens (including phenoxy) is 2. The van der Waals surface area contributed by atoms with Crippen LogP contribution < -0.4 is 0 Å². The van der Waals surface area contributed by atoms with Crippen molar-refractivity contribution in [1.29, 1.82) is 0 Å². The van der Waals surface area contributed by atoms with Crippen molar-refractivity contribution in [3.63, 3.8) is 0 Å². The van der Waals surface area contributed by atoms with Gasteiger partial charge in [-0.3, -0.25) is 4.79 Å². The largest absolute Gasteiger partial charge is 0.353 e. The van der Waals surface area contributed by atoms with Gasteiger partial charge in [0.1, 0.15) is 6.61 Å². The van der Waals surface area contributed by atoms with Crippen LogP contribution in [0.3, 0.4) is 0 Å². The monoisotopic (exact) mass is 298 g/mol. The lowest BCUT2D eigenvalue weighted by atomic mass is 10.0. The molecule has 1 fully saturated rings. The van der Waals surface area contributed by atoms with E-state index in [2.05, 4.69) is 18.8 Å². The van der Waals surface area contributed by atoms with Gasteiger partial charge < -0.3 is 9.47 Å². The molecule has 0 bridgehead atoms. The van der Waals surface area contributed by atoms with Gasteiger partial charge in [-0.15, -0.1) is 5.92 Å². The summed E-state index contributed by atoms with van der Waals surface area (Å²) in [6.45, 7) is 5.37. The molecule has 0 radical (unpaired) electrons. The third-order valence-corrected chi connectivity index (χ3v) is 3.96. The molecule has 1 saturated heterocycles. The van der Waals surface area contributed by atoms with Gasteiger partial charge in [-0.1, -0.05) is 31.5 Å². The van der Waals surface area contributed by atoms with E-state index in [4.69, 9.17) is 9.47 Å². The highest BCUT2D eigenvalue weighted by Crippen LogP contribution is 2.15. The summed E-state index contributed by atoms with van der Waals surface area (Å²) in [4.78, 5) is 11.5. The van der Waals surface area contributed by atoms with E-state index in [0.717, 1.165) is 38.0 Å². The first-order valence-corrected chi connectivity index (χ1v) is 8.55. The zero-order valence-corrected chi connectivity index (χ0v) is 13.5. The second-order valence-electron chi connectivity index (χ2n) is 5.11. The van der Waals surface area contributed by atoms with Gasteiger partial charge >= 0.3 is 0 Å². The first-order chi connectivity index (χ1) is 9.72. The summed E-state index contributed by atoms with van der Waals surface area (Å²) < 4.78 is 11.0. The summed E-state index contributed by atoms with van der Waals surface area (Å²) in [5, 5.41) is 0.297. The number of rotatable bonds is 7. The van der Waals surface area contributed by atoms with Crippen molar-refractivity contribution in [2.24, 2.45) is 5.92 Å². The molecule has 1 rings (SSSR count). The number of hydrogen-bond acceptors (Lipinski definition) is 4. The highest BCUT2D eigenvalue weighted by Gasteiger charge is 2.12. The van der Waals surface area contributed by atoms with Gasteiger partial charge in [0.2, 0.25) is 0 Å². The molecule has 0 N–H and O–H groups in total. The molecule has 2 atom stereocenters. The van der Waals surface area contributed by atoms with E-state index in [9.17, 15) is 4.79 Å². The van der Waals surface area contributed by atoms with Crippen molar-refractivity contribution in [2.45, 2.75) is 58.7 Å². The quantitative estimate of drug-likeness (QED) is 0.673. The molecule has 0 saturated carbocycles. The molecule has 3 nitrogen and oxygen atoms in total. The first-order valence-electron chi connectivity index (χ1n) is 7.57. The topological polar surface area (TPSA) is 35.5 Å². The van der Waals surface area contributed by atoms with Crippen LogP contribution >= 0.6 is 11.8 Å². The molecule has 1 aliphatic rings. The molecule has 1 unspecified atom stereocenters. The lowest BCUT2D eigenvalue weighted by Crippen LogP contribution is -2.22. The zero-order chi connectivity index (χ0) is 14.6. The van der Waals surface area contributed by atoms with Crippen molar-refractivity contribution in [3.8, 4) is 11.8 Å². The average Bonchev–Trinajstić information content (AvgIpc) is 2.44. The summed E-state index contributed by atoms with van der Waals surface area (Å²) >= 11 is 1.41. The fourth-order valence-electron chi connectivity index (χ4n) is 2.04. The van der Waals surface area contributed by atoms with E-state index in [0.29, 0.717) is 24.1 Å². The van der Waals surface area contributed by atoms with Crippen molar-refractivity contribution in [3.05, 3.63) is 0 Å². The van der Waals surface area contributed by atoms with Crippen LogP contribution in [0.2, 0.25) is 0 Å². The molecule has 0 aromatic heterocycles. The number of thioether (sulfide) groups is 1. The Morgan fingerprint density at radius 3 is 3.00 bits per heavy atom. The maximum absolute atomic E-state index is 11.5. The summed E-state index contributed by atoms with van der Waals surface area (Å²) in [6.07, 6.45) is 5.71. The second-order valence-corrected chi connectivity index (χ2v) is 6.44. The fourth-order valence-corrected chi connectivity index (χ4v) is 2.77. The zero-order valence-electron chi connectivity index (χ0n) is 12.7. The molecule has 0 amide bonds. The van der Waals surface area contributed by atoms with E-state index >= 15 is 0 Å². The van der Waals surface area contributed by atoms with E-state index < -0.39 is 0 Å². The molecule has 1 heterocycles. The summed E-state index contributed by atoms with van der Waals surface area (Å²) in [5.74, 6) is 7.42. The van der Waals surface area contributed by atoms with Crippen LogP contribution in [0.5, 0.6) is 0 Å². The second kappa shape index (κ2) is 11.2.